The van der Waals surface area contributed by atoms with Crippen LogP contribution in [0.4, 0.5) is 5.82 Å². The van der Waals surface area contributed by atoms with Gasteiger partial charge in [0.05, 0.1) is 16.7 Å². The van der Waals surface area contributed by atoms with Crippen molar-refractivity contribution in [3.05, 3.63) is 41.3 Å². The van der Waals surface area contributed by atoms with Gasteiger partial charge in [-0.25, -0.2) is 14.5 Å². The van der Waals surface area contributed by atoms with Gasteiger partial charge in [0.2, 0.25) is 0 Å². The van der Waals surface area contributed by atoms with Gasteiger partial charge in [-0.05, 0) is 49.9 Å². The van der Waals surface area contributed by atoms with Crippen LogP contribution in [0.3, 0.4) is 0 Å². The summed E-state index contributed by atoms with van der Waals surface area (Å²) in [5, 5.41) is 7.84. The van der Waals surface area contributed by atoms with Crippen LogP contribution in [0.5, 0.6) is 0 Å². The van der Waals surface area contributed by atoms with Gasteiger partial charge in [-0.1, -0.05) is 13.8 Å². The van der Waals surface area contributed by atoms with Gasteiger partial charge >= 0.3 is 0 Å². The predicted molar refractivity (Wildman–Crippen MR) is 121 cm³/mol. The molecule has 0 unspecified atom stereocenters. The Hall–Kier alpha value is -2.93. The fourth-order valence-corrected chi connectivity index (χ4v) is 4.65. The molecule has 2 N–H and O–H groups in total. The highest BCUT2D eigenvalue weighted by Gasteiger charge is 2.24. The molecule has 1 saturated heterocycles. The number of aryl methyl sites for hydroxylation is 1. The summed E-state index contributed by atoms with van der Waals surface area (Å²) in [4.78, 5) is 15.6. The lowest BCUT2D eigenvalue weighted by Crippen LogP contribution is -2.50. The molecule has 0 spiro atoms. The second-order valence-electron chi connectivity index (χ2n) is 8.70. The first kappa shape index (κ1) is 19.1. The lowest BCUT2D eigenvalue weighted by atomic mass is 9.95. The number of anilines is 1. The maximum Gasteiger partial charge on any atom is 0.158 e. The molecular weight excluding hydrogens is 374 g/mol. The van der Waals surface area contributed by atoms with Gasteiger partial charge in [-0.3, -0.25) is 0 Å². The first-order chi connectivity index (χ1) is 14.5. The SMILES string of the molecule is Cc1c(-c2[nH]c3ccc(N4CCNC[C@@H]4C)nc3c2C(C)C)cn2ncnc2c1C. The summed E-state index contributed by atoms with van der Waals surface area (Å²) in [6.07, 6.45) is 3.70. The number of pyridine rings is 2. The van der Waals surface area contributed by atoms with Crippen molar-refractivity contribution >= 4 is 22.5 Å². The molecular formula is C23H29N7. The number of piperazine rings is 1. The van der Waals surface area contributed by atoms with Crippen molar-refractivity contribution in [2.24, 2.45) is 0 Å². The maximum absolute atomic E-state index is 5.15. The zero-order chi connectivity index (χ0) is 21.0. The van der Waals surface area contributed by atoms with Gasteiger partial charge in [0.1, 0.15) is 12.1 Å². The molecule has 1 atom stereocenters. The van der Waals surface area contributed by atoms with Gasteiger partial charge < -0.3 is 15.2 Å². The highest BCUT2D eigenvalue weighted by atomic mass is 15.3. The van der Waals surface area contributed by atoms with Crippen LogP contribution < -0.4 is 10.2 Å². The van der Waals surface area contributed by atoms with Crippen molar-refractivity contribution < 1.29 is 0 Å². The Balaban J connectivity index is 1.72. The van der Waals surface area contributed by atoms with Crippen molar-refractivity contribution in [1.82, 2.24) is 29.9 Å². The molecule has 0 aromatic carbocycles. The quantitative estimate of drug-likeness (QED) is 0.544. The molecule has 0 saturated carbocycles. The molecule has 156 valence electrons. The van der Waals surface area contributed by atoms with Gasteiger partial charge in [0.25, 0.3) is 0 Å². The topological polar surface area (TPSA) is 74.1 Å². The number of nitrogens with zero attached hydrogens (tertiary/aromatic N) is 5. The Kier molecular flexibility index (Phi) is 4.50. The first-order valence-corrected chi connectivity index (χ1v) is 10.8. The zero-order valence-electron chi connectivity index (χ0n) is 18.3. The van der Waals surface area contributed by atoms with Crippen LogP contribution in [0.2, 0.25) is 0 Å². The van der Waals surface area contributed by atoms with E-state index in [9.17, 15) is 0 Å². The summed E-state index contributed by atoms with van der Waals surface area (Å²) in [7, 11) is 0. The fourth-order valence-electron chi connectivity index (χ4n) is 4.65. The molecule has 5 rings (SSSR count). The average Bonchev–Trinajstić information content (AvgIpc) is 3.35. The minimum absolute atomic E-state index is 0.336. The van der Waals surface area contributed by atoms with Crippen LogP contribution in [-0.4, -0.2) is 50.2 Å². The van der Waals surface area contributed by atoms with E-state index in [-0.39, 0.29) is 0 Å². The van der Waals surface area contributed by atoms with E-state index in [4.69, 9.17) is 4.98 Å². The van der Waals surface area contributed by atoms with Crippen LogP contribution in [0, 0.1) is 13.8 Å². The second kappa shape index (κ2) is 7.09. The van der Waals surface area contributed by atoms with E-state index in [0.29, 0.717) is 12.0 Å². The van der Waals surface area contributed by atoms with Gasteiger partial charge in [-0.15, -0.1) is 0 Å². The number of rotatable bonds is 3. The third-order valence-electron chi connectivity index (χ3n) is 6.43. The van der Waals surface area contributed by atoms with Gasteiger partial charge in [0, 0.05) is 43.0 Å². The van der Waals surface area contributed by atoms with Crippen molar-refractivity contribution in [3.63, 3.8) is 0 Å². The molecule has 0 bridgehead atoms. The lowest BCUT2D eigenvalue weighted by molar-refractivity contribution is 0.497. The maximum atomic E-state index is 5.15. The number of hydrogen-bond donors (Lipinski definition) is 2. The standard InChI is InChI=1S/C23H29N7/c1-13(2)20-21(17-11-30-23(25-12-26-30)16(5)15(17)4)27-18-6-7-19(28-22(18)20)29-9-8-24-10-14(29)3/h6-7,11-14,24,27H,8-10H2,1-5H3/t14-/m0/s1. The number of hydrogen-bond acceptors (Lipinski definition) is 5. The van der Waals surface area contributed by atoms with Crippen LogP contribution in [0.1, 0.15) is 43.4 Å². The number of fused-ring (bicyclic) bond motifs is 2. The van der Waals surface area contributed by atoms with Crippen molar-refractivity contribution in [1.29, 1.82) is 0 Å². The molecule has 0 aliphatic carbocycles. The molecule has 30 heavy (non-hydrogen) atoms. The van der Waals surface area contributed by atoms with E-state index in [1.54, 1.807) is 6.33 Å². The highest BCUT2D eigenvalue weighted by Crippen LogP contribution is 2.38. The molecule has 4 aromatic rings. The third kappa shape index (κ3) is 2.88. The summed E-state index contributed by atoms with van der Waals surface area (Å²) in [5.41, 5.74) is 8.99. The Bertz CT molecular complexity index is 1230. The van der Waals surface area contributed by atoms with Crippen LogP contribution in [0.15, 0.2) is 24.7 Å². The van der Waals surface area contributed by atoms with E-state index in [2.05, 4.69) is 78.2 Å². The molecule has 5 heterocycles. The molecule has 4 aromatic heterocycles. The summed E-state index contributed by atoms with van der Waals surface area (Å²) >= 11 is 0. The highest BCUT2D eigenvalue weighted by molar-refractivity contribution is 5.90. The van der Waals surface area contributed by atoms with E-state index in [1.807, 2.05) is 4.52 Å². The van der Waals surface area contributed by atoms with Gasteiger partial charge in [0.15, 0.2) is 5.65 Å². The summed E-state index contributed by atoms with van der Waals surface area (Å²) in [6, 6.07) is 4.76. The number of aromatic amines is 1. The van der Waals surface area contributed by atoms with E-state index in [1.165, 1.54) is 11.1 Å². The fraction of sp³-hybridized carbons (Fsp3) is 0.435. The third-order valence-corrected chi connectivity index (χ3v) is 6.43. The van der Waals surface area contributed by atoms with E-state index >= 15 is 0 Å². The smallest absolute Gasteiger partial charge is 0.158 e. The molecule has 7 nitrogen and oxygen atoms in total. The number of aromatic nitrogens is 5. The van der Waals surface area contributed by atoms with Crippen LogP contribution in [0.25, 0.3) is 27.9 Å². The first-order valence-electron chi connectivity index (χ1n) is 10.8. The number of nitrogens with one attached hydrogen (secondary N) is 2. The van der Waals surface area contributed by atoms with Crippen LogP contribution in [-0.2, 0) is 0 Å². The van der Waals surface area contributed by atoms with Crippen molar-refractivity contribution in [3.8, 4) is 11.3 Å². The zero-order valence-corrected chi connectivity index (χ0v) is 18.3. The summed E-state index contributed by atoms with van der Waals surface area (Å²) < 4.78 is 1.87. The summed E-state index contributed by atoms with van der Waals surface area (Å²) in [6.45, 7) is 14.0. The average molecular weight is 404 g/mol. The largest absolute Gasteiger partial charge is 0.353 e. The monoisotopic (exact) mass is 403 g/mol. The van der Waals surface area contributed by atoms with Gasteiger partial charge in [-0.2, -0.15) is 5.10 Å². The lowest BCUT2D eigenvalue weighted by Gasteiger charge is -2.35. The molecule has 0 radical (unpaired) electrons. The molecule has 1 fully saturated rings. The Morgan fingerprint density at radius 2 is 2.00 bits per heavy atom. The number of H-pyrrole nitrogens is 1. The van der Waals surface area contributed by atoms with Crippen molar-refractivity contribution in [2.75, 3.05) is 24.5 Å². The molecule has 1 aliphatic heterocycles. The molecule has 1 aliphatic rings. The normalized spacial score (nSPS) is 17.5. The minimum atomic E-state index is 0.336. The van der Waals surface area contributed by atoms with E-state index in [0.717, 1.165) is 59.0 Å². The second-order valence-corrected chi connectivity index (χ2v) is 8.70. The Labute approximate surface area is 176 Å². The summed E-state index contributed by atoms with van der Waals surface area (Å²) in [5.74, 6) is 1.40. The predicted octanol–water partition coefficient (Wildman–Crippen LogP) is 3.81. The molecule has 7 heteroatoms. The minimum Gasteiger partial charge on any atom is -0.353 e. The molecule has 0 amide bonds. The van der Waals surface area contributed by atoms with E-state index < -0.39 is 0 Å². The Morgan fingerprint density at radius 3 is 2.77 bits per heavy atom. The Morgan fingerprint density at radius 1 is 1.17 bits per heavy atom. The van der Waals surface area contributed by atoms with Crippen LogP contribution >= 0.6 is 0 Å². The van der Waals surface area contributed by atoms with Crippen molar-refractivity contribution in [2.45, 2.75) is 46.6 Å².